The van der Waals surface area contributed by atoms with Crippen molar-refractivity contribution in [1.82, 2.24) is 15.2 Å². The largest absolute Gasteiger partial charge is 0.481 e. The van der Waals surface area contributed by atoms with E-state index >= 15 is 0 Å². The second-order valence-corrected chi connectivity index (χ2v) is 7.26. The van der Waals surface area contributed by atoms with Crippen LogP contribution in [0.15, 0.2) is 42.5 Å². The molecule has 6 heteroatoms. The molecule has 2 aromatic rings. The van der Waals surface area contributed by atoms with Gasteiger partial charge in [0, 0.05) is 29.8 Å². The number of piperidine rings is 3. The quantitative estimate of drug-likeness (QED) is 0.880. The van der Waals surface area contributed by atoms with E-state index in [1.54, 1.807) is 43.5 Å². The second kappa shape index (κ2) is 7.56. The van der Waals surface area contributed by atoms with Gasteiger partial charge in [-0.15, -0.1) is 0 Å². The number of benzene rings is 1. The summed E-state index contributed by atoms with van der Waals surface area (Å²) in [4.78, 5) is 19.4. The van der Waals surface area contributed by atoms with E-state index in [1.165, 1.54) is 12.8 Å². The number of hydrogen-bond acceptors (Lipinski definition) is 5. The Kier molecular flexibility index (Phi) is 4.99. The number of pyridine rings is 1. The lowest BCUT2D eigenvalue weighted by Crippen LogP contribution is -2.62. The van der Waals surface area contributed by atoms with Gasteiger partial charge in [0.25, 0.3) is 5.91 Å². The monoisotopic (exact) mass is 367 g/mol. The Morgan fingerprint density at radius 3 is 2.48 bits per heavy atom. The van der Waals surface area contributed by atoms with Gasteiger partial charge >= 0.3 is 0 Å². The van der Waals surface area contributed by atoms with Crippen LogP contribution in [-0.2, 0) is 0 Å². The number of nitrogens with one attached hydrogen (secondary N) is 1. The Bertz CT molecular complexity index is 799. The van der Waals surface area contributed by atoms with Crippen molar-refractivity contribution in [2.45, 2.75) is 31.8 Å². The van der Waals surface area contributed by atoms with Crippen LogP contribution in [-0.4, -0.2) is 48.1 Å². The number of amides is 1. The zero-order valence-electron chi connectivity index (χ0n) is 15.7. The van der Waals surface area contributed by atoms with E-state index < -0.39 is 0 Å². The minimum absolute atomic E-state index is 0.0216. The molecule has 0 spiro atoms. The van der Waals surface area contributed by atoms with Gasteiger partial charge in [0.2, 0.25) is 11.8 Å². The third kappa shape index (κ3) is 3.76. The molecular formula is C21H25N3O3. The van der Waals surface area contributed by atoms with Gasteiger partial charge in [0.05, 0.1) is 7.11 Å². The van der Waals surface area contributed by atoms with E-state index in [1.807, 2.05) is 6.07 Å². The van der Waals surface area contributed by atoms with Gasteiger partial charge in [0.1, 0.15) is 5.75 Å². The highest BCUT2D eigenvalue weighted by Crippen LogP contribution is 2.32. The van der Waals surface area contributed by atoms with Gasteiger partial charge in [-0.05, 0) is 63.0 Å². The van der Waals surface area contributed by atoms with Crippen LogP contribution in [0.25, 0.3) is 0 Å². The van der Waals surface area contributed by atoms with Gasteiger partial charge in [0.15, 0.2) is 0 Å². The summed E-state index contributed by atoms with van der Waals surface area (Å²) in [6.45, 7) is 4.53. The molecule has 3 aliphatic heterocycles. The molecule has 1 aromatic heterocycles. The SMILES string of the molecule is COc1cccc(Oc2ccc(C(=O)NC3C4CCN(CC4)C3C)cc2)n1. The number of rotatable bonds is 5. The van der Waals surface area contributed by atoms with Crippen LogP contribution in [0.1, 0.15) is 30.1 Å². The fourth-order valence-electron chi connectivity index (χ4n) is 4.14. The number of hydrogen-bond donors (Lipinski definition) is 1. The van der Waals surface area contributed by atoms with Crippen molar-refractivity contribution in [3.05, 3.63) is 48.0 Å². The summed E-state index contributed by atoms with van der Waals surface area (Å²) in [7, 11) is 1.56. The summed E-state index contributed by atoms with van der Waals surface area (Å²) in [5.41, 5.74) is 0.643. The van der Waals surface area contributed by atoms with Crippen molar-refractivity contribution in [1.29, 1.82) is 0 Å². The minimum Gasteiger partial charge on any atom is -0.481 e. The topological polar surface area (TPSA) is 63.7 Å². The molecule has 1 N–H and O–H groups in total. The number of methoxy groups -OCH3 is 1. The van der Waals surface area contributed by atoms with Crippen LogP contribution >= 0.6 is 0 Å². The highest BCUT2D eigenvalue weighted by molar-refractivity contribution is 5.94. The van der Waals surface area contributed by atoms with Crippen molar-refractivity contribution < 1.29 is 14.3 Å². The van der Waals surface area contributed by atoms with Crippen molar-refractivity contribution in [3.63, 3.8) is 0 Å². The van der Waals surface area contributed by atoms with E-state index in [4.69, 9.17) is 9.47 Å². The van der Waals surface area contributed by atoms with Crippen LogP contribution in [0.2, 0.25) is 0 Å². The molecule has 6 nitrogen and oxygen atoms in total. The summed E-state index contributed by atoms with van der Waals surface area (Å²) >= 11 is 0. The maximum atomic E-state index is 12.7. The average molecular weight is 367 g/mol. The zero-order valence-corrected chi connectivity index (χ0v) is 15.7. The van der Waals surface area contributed by atoms with Crippen LogP contribution in [0.3, 0.4) is 0 Å². The summed E-state index contributed by atoms with van der Waals surface area (Å²) in [6.07, 6.45) is 2.35. The molecule has 3 saturated heterocycles. The lowest BCUT2D eigenvalue weighted by atomic mass is 9.79. The van der Waals surface area contributed by atoms with Crippen LogP contribution in [0.5, 0.6) is 17.5 Å². The van der Waals surface area contributed by atoms with Gasteiger partial charge in [-0.2, -0.15) is 4.98 Å². The maximum absolute atomic E-state index is 12.7. The fraction of sp³-hybridized carbons (Fsp3) is 0.429. The standard InChI is InChI=1S/C21H25N3O3/c1-14-20(15-10-12-24(14)13-11-15)23-21(25)16-6-8-17(9-7-16)27-19-5-3-4-18(22-19)26-2/h3-9,14-15,20H,10-13H2,1-2H3,(H,23,25). The Morgan fingerprint density at radius 2 is 1.81 bits per heavy atom. The van der Waals surface area contributed by atoms with Crippen molar-refractivity contribution >= 4 is 5.91 Å². The number of carbonyl (C=O) groups is 1. The molecule has 3 fully saturated rings. The first-order chi connectivity index (χ1) is 13.1. The third-order valence-corrected chi connectivity index (χ3v) is 5.72. The molecule has 2 atom stereocenters. The Morgan fingerprint density at radius 1 is 1.11 bits per heavy atom. The minimum atomic E-state index is -0.0216. The molecule has 0 aliphatic carbocycles. The lowest BCUT2D eigenvalue weighted by molar-refractivity contribution is 0.0217. The van der Waals surface area contributed by atoms with E-state index in [0.717, 1.165) is 13.1 Å². The number of aromatic nitrogens is 1. The summed E-state index contributed by atoms with van der Waals surface area (Å²) in [5.74, 6) is 2.15. The fourth-order valence-corrected chi connectivity index (χ4v) is 4.14. The van der Waals surface area contributed by atoms with Crippen molar-refractivity contribution in [3.8, 4) is 17.5 Å². The second-order valence-electron chi connectivity index (χ2n) is 7.26. The molecule has 0 radical (unpaired) electrons. The Hall–Kier alpha value is -2.60. The third-order valence-electron chi connectivity index (χ3n) is 5.72. The molecule has 27 heavy (non-hydrogen) atoms. The number of nitrogens with zero attached hydrogens (tertiary/aromatic N) is 2. The van der Waals surface area contributed by atoms with E-state index in [9.17, 15) is 4.79 Å². The van der Waals surface area contributed by atoms with Gasteiger partial charge in [-0.1, -0.05) is 6.07 Å². The van der Waals surface area contributed by atoms with Gasteiger partial charge in [-0.25, -0.2) is 0 Å². The summed E-state index contributed by atoms with van der Waals surface area (Å²) < 4.78 is 10.8. The van der Waals surface area contributed by atoms with Crippen molar-refractivity contribution in [2.75, 3.05) is 20.2 Å². The molecule has 0 saturated carbocycles. The van der Waals surface area contributed by atoms with E-state index in [0.29, 0.717) is 35.0 Å². The summed E-state index contributed by atoms with van der Waals surface area (Å²) in [6, 6.07) is 13.1. The van der Waals surface area contributed by atoms with E-state index in [2.05, 4.69) is 22.1 Å². The Labute approximate surface area is 159 Å². The molecule has 4 heterocycles. The number of ether oxygens (including phenoxy) is 2. The summed E-state index contributed by atoms with van der Waals surface area (Å²) in [5, 5.41) is 3.25. The molecule has 3 aliphatic rings. The Balaban J connectivity index is 1.40. The average Bonchev–Trinajstić information content (AvgIpc) is 2.71. The molecule has 1 aromatic carbocycles. The van der Waals surface area contributed by atoms with Gasteiger partial charge in [-0.3, -0.25) is 9.69 Å². The van der Waals surface area contributed by atoms with Crippen LogP contribution in [0.4, 0.5) is 0 Å². The highest BCUT2D eigenvalue weighted by atomic mass is 16.5. The molecule has 5 rings (SSSR count). The predicted molar refractivity (Wildman–Crippen MR) is 102 cm³/mol. The normalized spacial score (nSPS) is 26.4. The first-order valence-corrected chi connectivity index (χ1v) is 9.48. The molecule has 2 unspecified atom stereocenters. The van der Waals surface area contributed by atoms with Crippen LogP contribution in [0, 0.1) is 5.92 Å². The number of carbonyl (C=O) groups excluding carboxylic acids is 1. The molecule has 142 valence electrons. The zero-order chi connectivity index (χ0) is 18.8. The maximum Gasteiger partial charge on any atom is 0.251 e. The first-order valence-electron chi connectivity index (χ1n) is 9.48. The van der Waals surface area contributed by atoms with Gasteiger partial charge < -0.3 is 14.8 Å². The molecule has 2 bridgehead atoms. The first kappa shape index (κ1) is 17.8. The molecular weight excluding hydrogens is 342 g/mol. The molecule has 1 amide bonds. The van der Waals surface area contributed by atoms with Crippen molar-refractivity contribution in [2.24, 2.45) is 5.92 Å². The van der Waals surface area contributed by atoms with E-state index in [-0.39, 0.29) is 11.9 Å². The predicted octanol–water partition coefficient (Wildman–Crippen LogP) is 3.10. The lowest BCUT2D eigenvalue weighted by Gasteiger charge is -2.49. The highest BCUT2D eigenvalue weighted by Gasteiger charge is 2.40. The van der Waals surface area contributed by atoms with Crippen LogP contribution < -0.4 is 14.8 Å². The number of fused-ring (bicyclic) bond motifs is 3. The smallest absolute Gasteiger partial charge is 0.251 e.